The molecule has 0 saturated heterocycles. The molecule has 1 fully saturated rings. The standard InChI is InChI=1S/C22H25N5O2/c1-26-20(13-19(25-26)17-7-3-2-4-8-17)22(29)23-11-12-27-15-24-18(14-21(27)28)16-9-5-6-10-16/h2-4,7-8,13-16H,5-6,9-12H2,1H3,(H,23,29). The Hall–Kier alpha value is -3.22. The highest BCUT2D eigenvalue weighted by Gasteiger charge is 2.19. The number of benzene rings is 1. The molecule has 0 unspecified atom stereocenters. The molecule has 2 aromatic heterocycles. The molecule has 1 aliphatic carbocycles. The first-order valence-corrected chi connectivity index (χ1v) is 10.1. The number of hydrogen-bond acceptors (Lipinski definition) is 4. The van der Waals surface area contributed by atoms with E-state index in [2.05, 4.69) is 15.4 Å². The first-order chi connectivity index (χ1) is 14.1. The van der Waals surface area contributed by atoms with E-state index in [0.29, 0.717) is 24.7 Å². The number of carbonyl (C=O) groups is 1. The van der Waals surface area contributed by atoms with Crippen LogP contribution in [0.25, 0.3) is 11.3 Å². The van der Waals surface area contributed by atoms with E-state index in [0.717, 1.165) is 29.8 Å². The number of aryl methyl sites for hydroxylation is 1. The van der Waals surface area contributed by atoms with Gasteiger partial charge >= 0.3 is 0 Å². The second-order valence-electron chi connectivity index (χ2n) is 7.49. The summed E-state index contributed by atoms with van der Waals surface area (Å²) in [7, 11) is 1.75. The summed E-state index contributed by atoms with van der Waals surface area (Å²) >= 11 is 0. The second kappa shape index (κ2) is 8.43. The molecule has 150 valence electrons. The average Bonchev–Trinajstić information content (AvgIpc) is 3.40. The van der Waals surface area contributed by atoms with Gasteiger partial charge in [0.05, 0.1) is 17.7 Å². The lowest BCUT2D eigenvalue weighted by molar-refractivity contribution is 0.0942. The lowest BCUT2D eigenvalue weighted by Crippen LogP contribution is -2.32. The molecular formula is C22H25N5O2. The van der Waals surface area contributed by atoms with Crippen LogP contribution < -0.4 is 10.9 Å². The van der Waals surface area contributed by atoms with Crippen LogP contribution in [0.1, 0.15) is 47.8 Å². The summed E-state index contributed by atoms with van der Waals surface area (Å²) in [5, 5.41) is 7.28. The second-order valence-corrected chi connectivity index (χ2v) is 7.49. The van der Waals surface area contributed by atoms with Crippen molar-refractivity contribution in [1.29, 1.82) is 0 Å². The number of carbonyl (C=O) groups excluding carboxylic acids is 1. The van der Waals surface area contributed by atoms with Gasteiger partial charge in [0.1, 0.15) is 5.69 Å². The highest BCUT2D eigenvalue weighted by Crippen LogP contribution is 2.32. The highest BCUT2D eigenvalue weighted by atomic mass is 16.2. The lowest BCUT2D eigenvalue weighted by Gasteiger charge is -2.11. The molecule has 1 saturated carbocycles. The number of aromatic nitrogens is 4. The van der Waals surface area contributed by atoms with Crippen LogP contribution in [0.2, 0.25) is 0 Å². The molecule has 0 bridgehead atoms. The van der Waals surface area contributed by atoms with Gasteiger partial charge in [0.2, 0.25) is 0 Å². The fraction of sp³-hybridized carbons (Fsp3) is 0.364. The van der Waals surface area contributed by atoms with Gasteiger partial charge in [0.25, 0.3) is 11.5 Å². The van der Waals surface area contributed by atoms with Crippen LogP contribution in [0.5, 0.6) is 0 Å². The molecule has 1 aliphatic rings. The third-order valence-electron chi connectivity index (χ3n) is 5.49. The topological polar surface area (TPSA) is 81.8 Å². The number of hydrogen-bond donors (Lipinski definition) is 1. The quantitative estimate of drug-likeness (QED) is 0.700. The SMILES string of the molecule is Cn1nc(-c2ccccc2)cc1C(=O)NCCn1cnc(C2CCCC2)cc1=O. The van der Waals surface area contributed by atoms with Crippen LogP contribution in [0.3, 0.4) is 0 Å². The Morgan fingerprint density at radius 1 is 1.17 bits per heavy atom. The van der Waals surface area contributed by atoms with Crippen LogP contribution >= 0.6 is 0 Å². The minimum Gasteiger partial charge on any atom is -0.349 e. The van der Waals surface area contributed by atoms with Gasteiger partial charge < -0.3 is 5.32 Å². The molecule has 7 nitrogen and oxygen atoms in total. The summed E-state index contributed by atoms with van der Waals surface area (Å²) in [6.45, 7) is 0.723. The summed E-state index contributed by atoms with van der Waals surface area (Å²) in [6.07, 6.45) is 6.24. The van der Waals surface area contributed by atoms with Gasteiger partial charge in [-0.1, -0.05) is 43.2 Å². The van der Waals surface area contributed by atoms with Crippen LogP contribution in [0.4, 0.5) is 0 Å². The number of rotatable bonds is 6. The maximum atomic E-state index is 12.5. The predicted octanol–water partition coefficient (Wildman–Crippen LogP) is 2.73. The normalized spacial score (nSPS) is 14.2. The van der Waals surface area contributed by atoms with E-state index >= 15 is 0 Å². The fourth-order valence-corrected chi connectivity index (χ4v) is 3.86. The Morgan fingerprint density at radius 2 is 1.93 bits per heavy atom. The molecule has 7 heteroatoms. The van der Waals surface area contributed by atoms with E-state index in [9.17, 15) is 9.59 Å². The molecule has 1 N–H and O–H groups in total. The maximum Gasteiger partial charge on any atom is 0.269 e. The van der Waals surface area contributed by atoms with Gasteiger partial charge in [-0.05, 0) is 18.9 Å². The van der Waals surface area contributed by atoms with Crippen molar-refractivity contribution in [2.75, 3.05) is 6.54 Å². The Morgan fingerprint density at radius 3 is 2.66 bits per heavy atom. The van der Waals surface area contributed by atoms with Gasteiger partial charge in [-0.2, -0.15) is 5.10 Å². The zero-order valence-corrected chi connectivity index (χ0v) is 16.5. The molecule has 0 spiro atoms. The molecule has 0 atom stereocenters. The lowest BCUT2D eigenvalue weighted by atomic mass is 10.0. The third kappa shape index (κ3) is 4.29. The highest BCUT2D eigenvalue weighted by molar-refractivity contribution is 5.93. The molecule has 0 radical (unpaired) electrons. The van der Waals surface area contributed by atoms with Crippen molar-refractivity contribution < 1.29 is 4.79 Å². The van der Waals surface area contributed by atoms with Crippen molar-refractivity contribution >= 4 is 5.91 Å². The largest absolute Gasteiger partial charge is 0.349 e. The van der Waals surface area contributed by atoms with Crippen molar-refractivity contribution in [2.24, 2.45) is 7.05 Å². The zero-order chi connectivity index (χ0) is 20.2. The molecule has 4 rings (SSSR count). The van der Waals surface area contributed by atoms with Crippen LogP contribution in [-0.2, 0) is 13.6 Å². The van der Waals surface area contributed by atoms with Gasteiger partial charge in [0.15, 0.2) is 0 Å². The van der Waals surface area contributed by atoms with Crippen molar-refractivity contribution in [2.45, 2.75) is 38.1 Å². The van der Waals surface area contributed by atoms with Gasteiger partial charge in [0, 0.05) is 37.7 Å². The number of amides is 1. The monoisotopic (exact) mass is 391 g/mol. The summed E-state index contributed by atoms with van der Waals surface area (Å²) in [6, 6.07) is 13.1. The zero-order valence-electron chi connectivity index (χ0n) is 16.5. The molecular weight excluding hydrogens is 366 g/mol. The van der Waals surface area contributed by atoms with E-state index in [4.69, 9.17) is 0 Å². The van der Waals surface area contributed by atoms with Gasteiger partial charge in [-0.3, -0.25) is 18.8 Å². The predicted molar refractivity (Wildman–Crippen MR) is 111 cm³/mol. The minimum absolute atomic E-state index is 0.0666. The van der Waals surface area contributed by atoms with E-state index in [1.807, 2.05) is 30.3 Å². The van der Waals surface area contributed by atoms with E-state index in [-0.39, 0.29) is 11.5 Å². The van der Waals surface area contributed by atoms with Crippen molar-refractivity contribution in [1.82, 2.24) is 24.6 Å². The summed E-state index contributed by atoms with van der Waals surface area (Å²) in [5.74, 6) is 0.200. The van der Waals surface area contributed by atoms with Gasteiger partial charge in [-0.25, -0.2) is 4.98 Å². The molecule has 1 aromatic carbocycles. The van der Waals surface area contributed by atoms with Crippen molar-refractivity contribution in [3.05, 3.63) is 70.5 Å². The van der Waals surface area contributed by atoms with Gasteiger partial charge in [-0.15, -0.1) is 0 Å². The molecule has 3 aromatic rings. The number of nitrogens with zero attached hydrogens (tertiary/aromatic N) is 4. The maximum absolute atomic E-state index is 12.5. The smallest absolute Gasteiger partial charge is 0.269 e. The Bertz CT molecular complexity index is 1050. The minimum atomic E-state index is -0.217. The van der Waals surface area contributed by atoms with Crippen molar-refractivity contribution in [3.63, 3.8) is 0 Å². The molecule has 0 aliphatic heterocycles. The molecule has 29 heavy (non-hydrogen) atoms. The Kier molecular flexibility index (Phi) is 5.55. The van der Waals surface area contributed by atoms with Crippen molar-refractivity contribution in [3.8, 4) is 11.3 Å². The Labute approximate surface area is 169 Å². The average molecular weight is 391 g/mol. The first kappa shape index (κ1) is 19.1. The third-order valence-corrected chi connectivity index (χ3v) is 5.49. The van der Waals surface area contributed by atoms with E-state index < -0.39 is 0 Å². The molecule has 2 heterocycles. The first-order valence-electron chi connectivity index (χ1n) is 10.1. The summed E-state index contributed by atoms with van der Waals surface area (Å²) in [4.78, 5) is 29.4. The van der Waals surface area contributed by atoms with Crippen LogP contribution in [0.15, 0.2) is 53.6 Å². The Balaban J connectivity index is 1.37. The summed E-state index contributed by atoms with van der Waals surface area (Å²) < 4.78 is 3.11. The fourth-order valence-electron chi connectivity index (χ4n) is 3.86. The van der Waals surface area contributed by atoms with E-state index in [1.54, 1.807) is 30.2 Å². The van der Waals surface area contributed by atoms with E-state index in [1.165, 1.54) is 17.4 Å². The van der Waals surface area contributed by atoms with Crippen LogP contribution in [0, 0.1) is 0 Å². The summed E-state index contributed by atoms with van der Waals surface area (Å²) in [5.41, 5.74) is 3.02. The van der Waals surface area contributed by atoms with Crippen LogP contribution in [-0.4, -0.2) is 31.8 Å². The number of nitrogens with one attached hydrogen (secondary N) is 1. The molecule has 1 amide bonds.